The van der Waals surface area contributed by atoms with Crippen molar-refractivity contribution in [3.8, 4) is 0 Å². The Morgan fingerprint density at radius 3 is 1.66 bits per heavy atom. The lowest BCUT2D eigenvalue weighted by atomic mass is 9.66. The molecule has 8 heteroatoms. The van der Waals surface area contributed by atoms with Crippen LogP contribution >= 0.6 is 0 Å². The van der Waals surface area contributed by atoms with Crippen molar-refractivity contribution in [3.05, 3.63) is 11.8 Å². The summed E-state index contributed by atoms with van der Waals surface area (Å²) in [7, 11) is -5.53. The van der Waals surface area contributed by atoms with Gasteiger partial charge in [-0.1, -0.05) is 53.4 Å². The lowest BCUT2D eigenvalue weighted by Crippen LogP contribution is -2.29. The van der Waals surface area contributed by atoms with Gasteiger partial charge in [0.25, 0.3) is 0 Å². The van der Waals surface area contributed by atoms with Gasteiger partial charge < -0.3 is 4.18 Å². The van der Waals surface area contributed by atoms with Crippen LogP contribution in [0, 0.1) is 47.3 Å². The highest BCUT2D eigenvalue weighted by Gasteiger charge is 2.49. The van der Waals surface area contributed by atoms with Crippen LogP contribution in [0.5, 0.6) is 0 Å². The molecule has 3 fully saturated rings. The Kier molecular flexibility index (Phi) is 13.1. The van der Waals surface area contributed by atoms with Gasteiger partial charge in [-0.3, -0.25) is 4.79 Å². The molecule has 0 N–H and O–H groups in total. The highest BCUT2D eigenvalue weighted by molar-refractivity contribution is 7.87. The average molecular weight is 605 g/mol. The molecular formula is C33H55F3O4S. The van der Waals surface area contributed by atoms with Crippen LogP contribution in [0.1, 0.15) is 137 Å². The molecule has 0 aromatic rings. The SMILES string of the molecule is CCCC1CCC(C2CC=C(OS(=O)(=O)C(F)(F)F)CC2)CC1C.CCCC1CCC(C2CCC(=O)CC2)CC1C. The van der Waals surface area contributed by atoms with Gasteiger partial charge in [0.2, 0.25) is 0 Å². The zero-order chi connectivity index (χ0) is 30.2. The summed E-state index contributed by atoms with van der Waals surface area (Å²) in [6.07, 6.45) is 20.4. The number of Topliss-reactive ketones (excluding diaryl/α,β-unsaturated/α-hetero) is 1. The van der Waals surface area contributed by atoms with Crippen LogP contribution in [-0.4, -0.2) is 19.7 Å². The van der Waals surface area contributed by atoms with E-state index >= 15 is 0 Å². The van der Waals surface area contributed by atoms with E-state index in [9.17, 15) is 26.4 Å². The van der Waals surface area contributed by atoms with Crippen LogP contribution in [0.3, 0.4) is 0 Å². The van der Waals surface area contributed by atoms with Gasteiger partial charge in [-0.25, -0.2) is 0 Å². The van der Waals surface area contributed by atoms with Crippen molar-refractivity contribution in [2.75, 3.05) is 0 Å². The predicted octanol–water partition coefficient (Wildman–Crippen LogP) is 9.99. The molecule has 4 nitrogen and oxygen atoms in total. The van der Waals surface area contributed by atoms with Crippen molar-refractivity contribution in [3.63, 3.8) is 0 Å². The van der Waals surface area contributed by atoms with Crippen molar-refractivity contribution in [2.45, 2.75) is 142 Å². The molecule has 7 unspecified atom stereocenters. The van der Waals surface area contributed by atoms with Gasteiger partial charge >= 0.3 is 15.6 Å². The third-order valence-corrected chi connectivity index (χ3v) is 11.9. The number of alkyl halides is 3. The Labute approximate surface area is 247 Å². The number of ketones is 1. The summed E-state index contributed by atoms with van der Waals surface area (Å²) in [6.45, 7) is 9.28. The fraction of sp³-hybridized carbons (Fsp3) is 0.909. The first-order chi connectivity index (χ1) is 19.3. The average Bonchev–Trinajstić information content (AvgIpc) is 2.92. The minimum absolute atomic E-state index is 0.0590. The van der Waals surface area contributed by atoms with Crippen molar-refractivity contribution in [1.29, 1.82) is 0 Å². The molecule has 0 aliphatic heterocycles. The molecular weight excluding hydrogens is 549 g/mol. The number of hydrogen-bond donors (Lipinski definition) is 0. The summed E-state index contributed by atoms with van der Waals surface area (Å²) in [6, 6.07) is 0. The van der Waals surface area contributed by atoms with Gasteiger partial charge in [0.1, 0.15) is 11.5 Å². The van der Waals surface area contributed by atoms with Crippen LogP contribution in [0.2, 0.25) is 0 Å². The fourth-order valence-corrected chi connectivity index (χ4v) is 8.94. The first kappa shape index (κ1) is 34.4. The zero-order valence-electron chi connectivity index (χ0n) is 25.9. The van der Waals surface area contributed by atoms with Crippen molar-refractivity contribution < 1.29 is 30.6 Å². The summed E-state index contributed by atoms with van der Waals surface area (Å²) in [5, 5.41) is 0. The third-order valence-electron chi connectivity index (χ3n) is 10.9. The van der Waals surface area contributed by atoms with Crippen LogP contribution < -0.4 is 0 Å². The van der Waals surface area contributed by atoms with Gasteiger partial charge in [0, 0.05) is 19.3 Å². The Bertz CT molecular complexity index is 950. The predicted molar refractivity (Wildman–Crippen MR) is 158 cm³/mol. The first-order valence-electron chi connectivity index (χ1n) is 16.6. The third kappa shape index (κ3) is 9.99. The van der Waals surface area contributed by atoms with E-state index in [0.717, 1.165) is 42.4 Å². The number of allylic oxidation sites excluding steroid dienone is 2. The molecule has 4 aliphatic carbocycles. The smallest absolute Gasteiger partial charge is 0.381 e. The van der Waals surface area contributed by atoms with Crippen LogP contribution in [-0.2, 0) is 19.1 Å². The highest BCUT2D eigenvalue weighted by Crippen LogP contribution is 2.45. The quantitative estimate of drug-likeness (QED) is 0.204. The summed E-state index contributed by atoms with van der Waals surface area (Å²) >= 11 is 0. The minimum atomic E-state index is -5.53. The largest absolute Gasteiger partial charge is 0.534 e. The number of carbonyl (C=O) groups excluding carboxylic acids is 1. The monoisotopic (exact) mass is 604 g/mol. The van der Waals surface area contributed by atoms with E-state index in [0.29, 0.717) is 36.4 Å². The van der Waals surface area contributed by atoms with Gasteiger partial charge in [0.15, 0.2) is 0 Å². The molecule has 4 rings (SSSR count). The Hall–Kier alpha value is -1.05. The molecule has 0 aromatic carbocycles. The van der Waals surface area contributed by atoms with Crippen LogP contribution in [0.25, 0.3) is 0 Å². The molecule has 0 radical (unpaired) electrons. The fourth-order valence-electron chi connectivity index (χ4n) is 8.41. The minimum Gasteiger partial charge on any atom is -0.381 e. The van der Waals surface area contributed by atoms with Crippen molar-refractivity contribution in [2.24, 2.45) is 47.3 Å². The molecule has 0 saturated heterocycles. The molecule has 7 atom stereocenters. The van der Waals surface area contributed by atoms with Gasteiger partial charge in [-0.2, -0.15) is 21.6 Å². The second-order valence-electron chi connectivity index (χ2n) is 13.8. The molecule has 4 aliphatic rings. The van der Waals surface area contributed by atoms with Gasteiger partial charge in [0.05, 0.1) is 0 Å². The van der Waals surface area contributed by atoms with E-state index in [1.165, 1.54) is 77.0 Å². The van der Waals surface area contributed by atoms with Crippen molar-refractivity contribution >= 4 is 15.9 Å². The maximum atomic E-state index is 12.4. The molecule has 0 spiro atoms. The lowest BCUT2D eigenvalue weighted by molar-refractivity contribution is -0.121. The van der Waals surface area contributed by atoms with Gasteiger partial charge in [-0.05, 0) is 118 Å². The lowest BCUT2D eigenvalue weighted by Gasteiger charge is -2.39. The number of carbonyl (C=O) groups is 1. The van der Waals surface area contributed by atoms with E-state index in [1.807, 2.05) is 0 Å². The van der Waals surface area contributed by atoms with Crippen LogP contribution in [0.4, 0.5) is 13.2 Å². The maximum absolute atomic E-state index is 12.4. The zero-order valence-corrected chi connectivity index (χ0v) is 26.7. The van der Waals surface area contributed by atoms with E-state index in [2.05, 4.69) is 31.9 Å². The van der Waals surface area contributed by atoms with Crippen LogP contribution in [0.15, 0.2) is 11.8 Å². The van der Waals surface area contributed by atoms with E-state index in [4.69, 9.17) is 0 Å². The van der Waals surface area contributed by atoms with E-state index in [1.54, 1.807) is 6.08 Å². The second kappa shape index (κ2) is 15.6. The maximum Gasteiger partial charge on any atom is 0.534 e. The summed E-state index contributed by atoms with van der Waals surface area (Å²) in [5.74, 6) is 6.67. The molecule has 0 amide bonds. The van der Waals surface area contributed by atoms with Crippen molar-refractivity contribution in [1.82, 2.24) is 0 Å². The van der Waals surface area contributed by atoms with Gasteiger partial charge in [-0.15, -0.1) is 0 Å². The van der Waals surface area contributed by atoms with E-state index < -0.39 is 15.6 Å². The number of halogens is 3. The second-order valence-corrected chi connectivity index (χ2v) is 15.3. The number of hydrogen-bond acceptors (Lipinski definition) is 4. The first-order valence-corrected chi connectivity index (χ1v) is 18.0. The Morgan fingerprint density at radius 2 is 1.24 bits per heavy atom. The molecule has 3 saturated carbocycles. The standard InChI is InChI=1S/C17H27F3O3S.C16H28O/c1-3-4-13-5-6-15(11-12(13)2)14-7-9-16(10-8-14)23-24(21,22)17(18,19)20;1-3-4-13-5-6-15(11-12(13)2)14-7-9-16(17)10-8-14/h9,12-15H,3-8,10-11H2,1-2H3;12-15H,3-11H2,1-2H3. The number of rotatable bonds is 8. The summed E-state index contributed by atoms with van der Waals surface area (Å²) in [4.78, 5) is 11.3. The Balaban J connectivity index is 0.000000239. The summed E-state index contributed by atoms with van der Waals surface area (Å²) < 4.78 is 63.4. The molecule has 0 heterocycles. The molecule has 0 aromatic heterocycles. The Morgan fingerprint density at radius 1 is 0.756 bits per heavy atom. The summed E-state index contributed by atoms with van der Waals surface area (Å²) in [5.41, 5.74) is -5.36. The highest BCUT2D eigenvalue weighted by atomic mass is 32.2. The molecule has 0 bridgehead atoms. The normalized spacial score (nSPS) is 33.9. The topological polar surface area (TPSA) is 60.4 Å². The van der Waals surface area contributed by atoms with E-state index in [-0.39, 0.29) is 12.2 Å². The molecule has 41 heavy (non-hydrogen) atoms. The molecule has 238 valence electrons.